The van der Waals surface area contributed by atoms with Gasteiger partial charge in [-0.15, -0.1) is 0 Å². The highest BCUT2D eigenvalue weighted by atomic mass is 31.1. The van der Waals surface area contributed by atoms with Gasteiger partial charge in [-0.25, -0.2) is 0 Å². The molecule has 0 amide bonds. The van der Waals surface area contributed by atoms with Crippen LogP contribution in [-0.4, -0.2) is 35.9 Å². The van der Waals surface area contributed by atoms with E-state index in [0.29, 0.717) is 0 Å². The van der Waals surface area contributed by atoms with Crippen LogP contribution in [0.15, 0.2) is 23.5 Å². The maximum absolute atomic E-state index is 8.97. The number of aliphatic hydroxyl groups is 2. The molecule has 12 heavy (non-hydrogen) atoms. The van der Waals surface area contributed by atoms with Crippen LogP contribution in [0.25, 0.3) is 0 Å². The van der Waals surface area contributed by atoms with Gasteiger partial charge in [0.2, 0.25) is 0 Å². The van der Waals surface area contributed by atoms with E-state index in [1.165, 1.54) is 5.31 Å². The number of hydrogen-bond donors (Lipinski definition) is 2. The summed E-state index contributed by atoms with van der Waals surface area (Å²) < 4.78 is 0. The van der Waals surface area contributed by atoms with E-state index in [1.807, 2.05) is 18.2 Å². The predicted octanol–water partition coefficient (Wildman–Crippen LogP) is 0.687. The van der Waals surface area contributed by atoms with Gasteiger partial charge in [0.15, 0.2) is 0 Å². The van der Waals surface area contributed by atoms with Gasteiger partial charge in [0.1, 0.15) is 0 Å². The average molecular weight is 186 g/mol. The van der Waals surface area contributed by atoms with Crippen molar-refractivity contribution in [2.24, 2.45) is 5.92 Å². The molecule has 2 N–H and O–H groups in total. The van der Waals surface area contributed by atoms with Crippen LogP contribution in [0.5, 0.6) is 0 Å². The Morgan fingerprint density at radius 3 is 2.50 bits per heavy atom. The zero-order chi connectivity index (χ0) is 8.97. The van der Waals surface area contributed by atoms with E-state index in [2.05, 4.69) is 12.5 Å². The monoisotopic (exact) mass is 186 g/mol. The fraction of sp³-hybridized carbons (Fsp3) is 0.444. The Morgan fingerprint density at radius 1 is 1.33 bits per heavy atom. The van der Waals surface area contributed by atoms with Crippen molar-refractivity contribution in [3.63, 3.8) is 0 Å². The molecule has 0 aliphatic carbocycles. The van der Waals surface area contributed by atoms with Gasteiger partial charge in [0, 0.05) is 5.92 Å². The minimum absolute atomic E-state index is 0.0476. The highest BCUT2D eigenvalue weighted by Gasteiger charge is 2.12. The normalized spacial score (nSPS) is 22.3. The van der Waals surface area contributed by atoms with Crippen molar-refractivity contribution < 1.29 is 10.2 Å². The van der Waals surface area contributed by atoms with Crippen LogP contribution in [0.1, 0.15) is 0 Å². The van der Waals surface area contributed by atoms with Gasteiger partial charge in [0.25, 0.3) is 0 Å². The van der Waals surface area contributed by atoms with E-state index >= 15 is 0 Å². The van der Waals surface area contributed by atoms with E-state index in [9.17, 15) is 0 Å². The highest BCUT2D eigenvalue weighted by Crippen LogP contribution is 2.36. The summed E-state index contributed by atoms with van der Waals surface area (Å²) in [5.41, 5.74) is 0. The number of hydrogen-bond acceptors (Lipinski definition) is 2. The Morgan fingerprint density at radius 2 is 2.00 bits per heavy atom. The van der Waals surface area contributed by atoms with E-state index in [4.69, 9.17) is 10.2 Å². The van der Waals surface area contributed by atoms with Crippen molar-refractivity contribution in [1.82, 2.24) is 0 Å². The molecule has 0 aromatic carbocycles. The molecular formula is C9H15O2P. The topological polar surface area (TPSA) is 40.5 Å². The third kappa shape index (κ3) is 2.10. The van der Waals surface area contributed by atoms with Gasteiger partial charge in [-0.05, 0) is 12.0 Å². The summed E-state index contributed by atoms with van der Waals surface area (Å²) in [5, 5.41) is 19.2. The molecule has 2 nitrogen and oxygen atoms in total. The minimum Gasteiger partial charge on any atom is -0.396 e. The maximum atomic E-state index is 8.97. The Balaban J connectivity index is 2.80. The Bertz CT molecular complexity index is 237. The van der Waals surface area contributed by atoms with E-state index in [1.54, 1.807) is 0 Å². The Hall–Kier alpha value is -0.300. The highest BCUT2D eigenvalue weighted by molar-refractivity contribution is 7.61. The molecule has 68 valence electrons. The van der Waals surface area contributed by atoms with Crippen LogP contribution in [-0.2, 0) is 0 Å². The maximum Gasteiger partial charge on any atom is 0.0522 e. The summed E-state index contributed by atoms with van der Waals surface area (Å²) in [6, 6.07) is 0. The van der Waals surface area contributed by atoms with Gasteiger partial charge in [-0.3, -0.25) is 0 Å². The van der Waals surface area contributed by atoms with Crippen LogP contribution in [0.4, 0.5) is 0 Å². The van der Waals surface area contributed by atoms with Gasteiger partial charge < -0.3 is 10.2 Å². The van der Waals surface area contributed by atoms with Crippen LogP contribution in [0.2, 0.25) is 0 Å². The minimum atomic E-state index is -0.625. The molecule has 3 heteroatoms. The molecule has 1 atom stereocenters. The van der Waals surface area contributed by atoms with Gasteiger partial charge >= 0.3 is 0 Å². The van der Waals surface area contributed by atoms with Gasteiger partial charge in [-0.2, -0.15) is 0 Å². The number of aliphatic hydroxyl groups excluding tert-OH is 2. The fourth-order valence-corrected chi connectivity index (χ4v) is 3.08. The molecule has 0 spiro atoms. The first-order valence-corrected chi connectivity index (χ1v) is 6.14. The molecule has 0 aromatic heterocycles. The lowest BCUT2D eigenvalue weighted by Crippen LogP contribution is -2.12. The van der Waals surface area contributed by atoms with Crippen LogP contribution >= 0.6 is 7.55 Å². The van der Waals surface area contributed by atoms with E-state index in [-0.39, 0.29) is 19.1 Å². The number of allylic oxidation sites excluding steroid dienone is 3. The molecule has 1 aliphatic heterocycles. The quantitative estimate of drug-likeness (QED) is 0.636. The molecule has 0 bridgehead atoms. The summed E-state index contributed by atoms with van der Waals surface area (Å²) in [6.45, 7) is 2.26. The zero-order valence-electron chi connectivity index (χ0n) is 7.20. The van der Waals surface area contributed by atoms with Gasteiger partial charge in [-0.1, -0.05) is 31.6 Å². The third-order valence-corrected chi connectivity index (χ3v) is 4.25. The van der Waals surface area contributed by atoms with E-state index in [0.717, 1.165) is 0 Å². The molecule has 1 unspecified atom stereocenters. The molecule has 0 fully saturated rings. The summed E-state index contributed by atoms with van der Waals surface area (Å²) >= 11 is 0. The smallest absolute Gasteiger partial charge is 0.0522 e. The van der Waals surface area contributed by atoms with Gasteiger partial charge in [0.05, 0.1) is 13.2 Å². The molecule has 0 saturated carbocycles. The lowest BCUT2D eigenvalue weighted by molar-refractivity contribution is 0.175. The molecule has 1 rings (SSSR count). The van der Waals surface area contributed by atoms with Crippen LogP contribution < -0.4 is 0 Å². The molecule has 1 aliphatic rings. The van der Waals surface area contributed by atoms with E-state index < -0.39 is 7.55 Å². The molecule has 1 heterocycles. The second-order valence-electron chi connectivity index (χ2n) is 2.92. The second kappa shape index (κ2) is 4.66. The van der Waals surface area contributed by atoms with Crippen molar-refractivity contribution in [2.45, 2.75) is 0 Å². The number of rotatable bonds is 3. The van der Waals surface area contributed by atoms with Crippen LogP contribution in [0.3, 0.4) is 0 Å². The first-order chi connectivity index (χ1) is 5.79. The van der Waals surface area contributed by atoms with Crippen molar-refractivity contribution in [2.75, 3.05) is 19.9 Å². The summed E-state index contributed by atoms with van der Waals surface area (Å²) in [4.78, 5) is 0. The predicted molar refractivity (Wildman–Crippen MR) is 55.2 cm³/mol. The molecule has 0 radical (unpaired) electrons. The summed E-state index contributed by atoms with van der Waals surface area (Å²) in [5.74, 6) is 2.11. The largest absolute Gasteiger partial charge is 0.396 e. The molecular weight excluding hydrogens is 171 g/mol. The standard InChI is InChI=1S/C9H15O2P/c1-12-5-3-2-4-9(12)8(6-10)7-11/h2-5,8,10-12H,6-7H2,1H3. The zero-order valence-corrected chi connectivity index (χ0v) is 8.20. The Kier molecular flexibility index (Phi) is 3.80. The van der Waals surface area contributed by atoms with Crippen molar-refractivity contribution >= 4 is 13.3 Å². The van der Waals surface area contributed by atoms with Crippen molar-refractivity contribution in [3.8, 4) is 0 Å². The molecule has 0 aromatic rings. The second-order valence-corrected chi connectivity index (χ2v) is 5.20. The first-order valence-electron chi connectivity index (χ1n) is 4.06. The fourth-order valence-electron chi connectivity index (χ4n) is 1.30. The van der Waals surface area contributed by atoms with Crippen LogP contribution in [0, 0.1) is 5.92 Å². The third-order valence-electron chi connectivity index (χ3n) is 2.07. The first kappa shape index (κ1) is 9.79. The van der Waals surface area contributed by atoms with Crippen molar-refractivity contribution in [1.29, 1.82) is 0 Å². The summed E-state index contributed by atoms with van der Waals surface area (Å²) in [6.07, 6.45) is 6.01. The van der Waals surface area contributed by atoms with Crippen molar-refractivity contribution in [3.05, 3.63) is 23.5 Å². The summed E-state index contributed by atoms with van der Waals surface area (Å²) in [7, 11) is -0.625. The lowest BCUT2D eigenvalue weighted by atomic mass is 10.1. The lowest BCUT2D eigenvalue weighted by Gasteiger charge is -2.18. The Labute approximate surface area is 73.6 Å². The molecule has 0 saturated heterocycles. The SMILES string of the molecule is C[PH]1=CC=CC=C1C(CO)CO. The average Bonchev–Trinajstić information content (AvgIpc) is 2.10.